The van der Waals surface area contributed by atoms with Gasteiger partial charge in [0.05, 0.1) is 23.7 Å². The molecule has 1 aliphatic heterocycles. The number of amides is 1. The summed E-state index contributed by atoms with van der Waals surface area (Å²) in [6.07, 6.45) is -5.22. The first-order chi connectivity index (χ1) is 13.6. The van der Waals surface area contributed by atoms with Crippen LogP contribution in [0.2, 0.25) is 0 Å². The first-order valence-electron chi connectivity index (χ1n) is 9.58. The number of pyridine rings is 1. The molecule has 2 fully saturated rings. The number of likely N-dealkylation sites (tertiary alicyclic amines) is 1. The lowest BCUT2D eigenvalue weighted by molar-refractivity contribution is -0.185. The van der Waals surface area contributed by atoms with Gasteiger partial charge in [-0.25, -0.2) is 0 Å². The Kier molecular flexibility index (Phi) is 6.28. The number of ether oxygens (including phenoxy) is 1. The molecular formula is C19H22F6N2O2. The van der Waals surface area contributed by atoms with Crippen LogP contribution in [0.3, 0.4) is 0 Å². The molecule has 0 unspecified atom stereocenters. The van der Waals surface area contributed by atoms with E-state index in [1.807, 2.05) is 0 Å². The summed E-state index contributed by atoms with van der Waals surface area (Å²) >= 11 is 0. The average Bonchev–Trinajstić information content (AvgIpc) is 3.13. The Hall–Kier alpha value is -2.00. The summed E-state index contributed by atoms with van der Waals surface area (Å²) in [4.78, 5) is 17.9. The number of aromatic nitrogens is 1. The van der Waals surface area contributed by atoms with Gasteiger partial charge in [-0.2, -0.15) is 26.3 Å². The van der Waals surface area contributed by atoms with Crippen LogP contribution in [0.25, 0.3) is 0 Å². The van der Waals surface area contributed by atoms with E-state index in [0.29, 0.717) is 19.2 Å². The number of carbonyl (C=O) groups excluding carboxylic acids is 1. The zero-order valence-electron chi connectivity index (χ0n) is 15.6. The van der Waals surface area contributed by atoms with Crippen molar-refractivity contribution in [2.24, 2.45) is 11.8 Å². The van der Waals surface area contributed by atoms with Crippen LogP contribution in [0.15, 0.2) is 18.5 Å². The zero-order chi connectivity index (χ0) is 21.2. The van der Waals surface area contributed by atoms with E-state index < -0.39 is 29.8 Å². The lowest BCUT2D eigenvalue weighted by Crippen LogP contribution is -2.43. The smallest absolute Gasteiger partial charge is 0.418 e. The average molecular weight is 424 g/mol. The van der Waals surface area contributed by atoms with Gasteiger partial charge in [-0.3, -0.25) is 9.78 Å². The van der Waals surface area contributed by atoms with Gasteiger partial charge in [0.25, 0.3) is 0 Å². The van der Waals surface area contributed by atoms with Gasteiger partial charge in [-0.1, -0.05) is 0 Å². The Morgan fingerprint density at radius 2 is 1.76 bits per heavy atom. The molecule has 2 heterocycles. The highest BCUT2D eigenvalue weighted by Crippen LogP contribution is 2.40. The first kappa shape index (κ1) is 21.7. The lowest BCUT2D eigenvalue weighted by Gasteiger charge is -2.33. The number of rotatable bonds is 4. The third-order valence-electron chi connectivity index (χ3n) is 5.68. The van der Waals surface area contributed by atoms with E-state index in [2.05, 4.69) is 4.98 Å². The summed E-state index contributed by atoms with van der Waals surface area (Å²) in [6.45, 7) is 0.500. The molecule has 1 aliphatic carbocycles. The molecular weight excluding hydrogens is 402 g/mol. The second-order valence-electron chi connectivity index (χ2n) is 7.64. The minimum Gasteiger partial charge on any atom is -0.490 e. The van der Waals surface area contributed by atoms with E-state index >= 15 is 0 Å². The van der Waals surface area contributed by atoms with Crippen molar-refractivity contribution in [3.8, 4) is 5.75 Å². The Morgan fingerprint density at radius 3 is 2.38 bits per heavy atom. The molecule has 0 N–H and O–H groups in total. The lowest BCUT2D eigenvalue weighted by atomic mass is 9.81. The molecule has 0 aromatic carbocycles. The monoisotopic (exact) mass is 424 g/mol. The summed E-state index contributed by atoms with van der Waals surface area (Å²) in [5.74, 6) is -2.01. The van der Waals surface area contributed by atoms with Gasteiger partial charge in [-0.15, -0.1) is 0 Å². The Labute approximate surface area is 164 Å². The van der Waals surface area contributed by atoms with Crippen molar-refractivity contribution in [2.45, 2.75) is 56.9 Å². The van der Waals surface area contributed by atoms with Gasteiger partial charge < -0.3 is 9.64 Å². The molecule has 0 radical (unpaired) electrons. The number of hydrogen-bond acceptors (Lipinski definition) is 3. The Morgan fingerprint density at radius 1 is 1.07 bits per heavy atom. The van der Waals surface area contributed by atoms with Crippen LogP contribution < -0.4 is 4.74 Å². The van der Waals surface area contributed by atoms with Crippen molar-refractivity contribution < 1.29 is 35.9 Å². The van der Waals surface area contributed by atoms with Crippen LogP contribution in [0, 0.1) is 11.8 Å². The van der Waals surface area contributed by atoms with Gasteiger partial charge in [0, 0.05) is 18.7 Å². The largest absolute Gasteiger partial charge is 0.490 e. The summed E-state index contributed by atoms with van der Waals surface area (Å²) < 4.78 is 82.2. The molecule has 1 saturated carbocycles. The first-order valence-corrected chi connectivity index (χ1v) is 9.58. The minimum absolute atomic E-state index is 0.0205. The molecule has 1 atom stereocenters. The molecule has 2 aliphatic rings. The van der Waals surface area contributed by atoms with Crippen LogP contribution in [-0.2, 0) is 11.0 Å². The van der Waals surface area contributed by atoms with Crippen molar-refractivity contribution >= 4 is 5.91 Å². The Bertz CT molecular complexity index is 713. The van der Waals surface area contributed by atoms with Crippen molar-refractivity contribution in [1.29, 1.82) is 0 Å². The third kappa shape index (κ3) is 5.33. The van der Waals surface area contributed by atoms with Crippen LogP contribution in [-0.4, -0.2) is 41.2 Å². The van der Waals surface area contributed by atoms with Crippen molar-refractivity contribution in [1.82, 2.24) is 9.88 Å². The quantitative estimate of drug-likeness (QED) is 0.650. The van der Waals surface area contributed by atoms with E-state index in [9.17, 15) is 31.1 Å². The normalized spacial score (nSPS) is 25.9. The van der Waals surface area contributed by atoms with Gasteiger partial charge in [0.1, 0.15) is 12.4 Å². The zero-order valence-corrected chi connectivity index (χ0v) is 15.6. The van der Waals surface area contributed by atoms with E-state index in [0.717, 1.165) is 12.5 Å². The summed E-state index contributed by atoms with van der Waals surface area (Å²) in [7, 11) is 0. The van der Waals surface area contributed by atoms with Crippen LogP contribution in [0.4, 0.5) is 26.3 Å². The second kappa shape index (κ2) is 8.39. The van der Waals surface area contributed by atoms with Gasteiger partial charge in [0.2, 0.25) is 5.91 Å². The predicted octanol–water partition coefficient (Wildman–Crippen LogP) is 4.84. The molecule has 3 rings (SSSR count). The number of carbonyl (C=O) groups is 1. The molecule has 10 heteroatoms. The second-order valence-corrected chi connectivity index (χ2v) is 7.64. The number of halogens is 6. The molecule has 1 aromatic rings. The maximum atomic E-state index is 12.8. The summed E-state index contributed by atoms with van der Waals surface area (Å²) in [6, 6.07) is 0.546. The number of nitrogens with zero attached hydrogens (tertiary/aromatic N) is 2. The van der Waals surface area contributed by atoms with Crippen molar-refractivity contribution in [3.63, 3.8) is 0 Å². The van der Waals surface area contributed by atoms with Gasteiger partial charge in [-0.05, 0) is 44.6 Å². The molecule has 1 amide bonds. The van der Waals surface area contributed by atoms with Crippen molar-refractivity contribution in [2.75, 3.05) is 13.2 Å². The molecule has 0 spiro atoms. The summed E-state index contributed by atoms with van der Waals surface area (Å²) in [5, 5.41) is 0. The predicted molar refractivity (Wildman–Crippen MR) is 91.0 cm³/mol. The fourth-order valence-corrected chi connectivity index (χ4v) is 4.05. The maximum Gasteiger partial charge on any atom is 0.418 e. The molecule has 0 bridgehead atoms. The van der Waals surface area contributed by atoms with Crippen LogP contribution >= 0.6 is 0 Å². The van der Waals surface area contributed by atoms with Gasteiger partial charge >= 0.3 is 12.4 Å². The van der Waals surface area contributed by atoms with E-state index in [1.165, 1.54) is 6.20 Å². The Balaban J connectivity index is 1.56. The van der Waals surface area contributed by atoms with Gasteiger partial charge in [0.15, 0.2) is 0 Å². The number of hydrogen-bond donors (Lipinski definition) is 0. The van der Waals surface area contributed by atoms with E-state index in [-0.39, 0.29) is 50.0 Å². The van der Waals surface area contributed by atoms with E-state index in [1.54, 1.807) is 4.90 Å². The fraction of sp³-hybridized carbons (Fsp3) is 0.684. The SMILES string of the molecule is O=C(C1CCC(C(F)(F)F)CC1)N1CCC[C@@H]1COc1cncc(C(F)(F)F)c1. The molecule has 162 valence electrons. The molecule has 1 saturated heterocycles. The number of alkyl halides is 6. The van der Waals surface area contributed by atoms with E-state index in [4.69, 9.17) is 4.74 Å². The third-order valence-corrected chi connectivity index (χ3v) is 5.68. The fourth-order valence-electron chi connectivity index (χ4n) is 4.05. The molecule has 4 nitrogen and oxygen atoms in total. The highest BCUT2D eigenvalue weighted by molar-refractivity contribution is 5.79. The van der Waals surface area contributed by atoms with Crippen LogP contribution in [0.1, 0.15) is 44.1 Å². The van der Waals surface area contributed by atoms with Crippen molar-refractivity contribution in [3.05, 3.63) is 24.0 Å². The molecule has 1 aromatic heterocycles. The topological polar surface area (TPSA) is 42.4 Å². The highest BCUT2D eigenvalue weighted by Gasteiger charge is 2.44. The molecule has 29 heavy (non-hydrogen) atoms. The standard InChI is InChI=1S/C19H22F6N2O2/c20-18(21,22)13-5-3-12(4-6-13)17(28)27-7-1-2-15(27)11-29-16-8-14(9-26-10-16)19(23,24)25/h8-10,12-13,15H,1-7,11H2/t12?,13?,15-/m1/s1. The minimum atomic E-state index is -4.53. The van der Waals surface area contributed by atoms with Crippen LogP contribution in [0.5, 0.6) is 5.75 Å². The highest BCUT2D eigenvalue weighted by atomic mass is 19.4. The maximum absolute atomic E-state index is 12.8. The summed E-state index contributed by atoms with van der Waals surface area (Å²) in [5.41, 5.74) is -0.921.